The van der Waals surface area contributed by atoms with Gasteiger partial charge in [0.25, 0.3) is 10.0 Å². The maximum absolute atomic E-state index is 11.6. The van der Waals surface area contributed by atoms with Crippen LogP contribution >= 0.6 is 0 Å². The van der Waals surface area contributed by atoms with Crippen molar-refractivity contribution >= 4 is 22.2 Å². The lowest BCUT2D eigenvalue weighted by molar-refractivity contribution is -0.129. The lowest BCUT2D eigenvalue weighted by atomic mass is 10.3. The number of rotatable bonds is 2. The molecule has 1 heterocycles. The third-order valence-electron chi connectivity index (χ3n) is 2.13. The van der Waals surface area contributed by atoms with E-state index in [0.717, 1.165) is 6.21 Å². The predicted molar refractivity (Wildman–Crippen MR) is 62.4 cm³/mol. The molecule has 0 radical (unpaired) electrons. The van der Waals surface area contributed by atoms with Gasteiger partial charge in [0.05, 0.1) is 6.21 Å². The van der Waals surface area contributed by atoms with Crippen molar-refractivity contribution < 1.29 is 23.1 Å². The summed E-state index contributed by atoms with van der Waals surface area (Å²) in [5.74, 6) is -0.766. The smallest absolute Gasteiger partial charge is 0.348 e. The number of carbonyl (C=O) groups is 1. The lowest BCUT2D eigenvalue weighted by Crippen LogP contribution is -2.17. The lowest BCUT2D eigenvalue weighted by Gasteiger charge is -2.03. The number of sulfonamides is 1. The quantitative estimate of drug-likeness (QED) is 0.570. The van der Waals surface area contributed by atoms with E-state index < -0.39 is 21.0 Å². The van der Waals surface area contributed by atoms with Crippen LogP contribution in [0, 0.1) is 0 Å². The summed E-state index contributed by atoms with van der Waals surface area (Å²) in [5.41, 5.74) is 4.94. The molecule has 0 bridgehead atoms. The molecule has 0 fully saturated rings. The van der Waals surface area contributed by atoms with Gasteiger partial charge in [-0.25, -0.2) is 4.79 Å². The normalized spacial score (nSPS) is 16.9. The summed E-state index contributed by atoms with van der Waals surface area (Å²) in [5, 5.41) is 8.41. The average Bonchev–Trinajstić information content (AvgIpc) is 2.58. The Labute approximate surface area is 102 Å². The molecule has 1 aromatic rings. The van der Waals surface area contributed by atoms with Crippen LogP contribution in [0.5, 0.6) is 11.5 Å². The maximum atomic E-state index is 11.6. The topological polar surface area (TPSA) is 119 Å². The van der Waals surface area contributed by atoms with Crippen molar-refractivity contribution in [1.82, 2.24) is 0 Å². The van der Waals surface area contributed by atoms with Crippen molar-refractivity contribution in [2.45, 2.75) is 0 Å². The van der Waals surface area contributed by atoms with Crippen LogP contribution in [0.2, 0.25) is 0 Å². The fourth-order valence-corrected chi connectivity index (χ4v) is 1.98. The minimum Gasteiger partial charge on any atom is -0.508 e. The maximum Gasteiger partial charge on any atom is 0.348 e. The van der Waals surface area contributed by atoms with Gasteiger partial charge in [-0.3, -0.25) is 0 Å². The minimum absolute atomic E-state index is 0.0125. The summed E-state index contributed by atoms with van der Waals surface area (Å²) < 4.78 is 30.3. The van der Waals surface area contributed by atoms with Crippen molar-refractivity contribution in [2.24, 2.45) is 10.1 Å². The molecule has 1 aromatic carbocycles. The Hall–Kier alpha value is -2.35. The summed E-state index contributed by atoms with van der Waals surface area (Å²) in [6.07, 6.45) is 0.841. The van der Waals surface area contributed by atoms with E-state index in [9.17, 15) is 13.2 Å². The summed E-state index contributed by atoms with van der Waals surface area (Å²) >= 11 is 0. The van der Waals surface area contributed by atoms with Crippen molar-refractivity contribution in [2.75, 3.05) is 0 Å². The van der Waals surface area contributed by atoms with Crippen LogP contribution in [0.3, 0.4) is 0 Å². The van der Waals surface area contributed by atoms with Gasteiger partial charge in [0, 0.05) is 0 Å². The highest BCUT2D eigenvalue weighted by Crippen LogP contribution is 2.20. The Bertz CT molecular complexity index is 658. The molecule has 8 heteroatoms. The van der Waals surface area contributed by atoms with Gasteiger partial charge in [-0.15, -0.1) is 0 Å². The largest absolute Gasteiger partial charge is 0.508 e. The Kier molecular flexibility index (Phi) is 2.79. The second-order valence-electron chi connectivity index (χ2n) is 3.37. The molecular weight excluding hydrogens is 260 g/mol. The molecule has 7 nitrogen and oxygen atoms in total. The van der Waals surface area contributed by atoms with Crippen LogP contribution in [0.25, 0.3) is 0 Å². The van der Waals surface area contributed by atoms with Crippen LogP contribution in [0.1, 0.15) is 0 Å². The van der Waals surface area contributed by atoms with Gasteiger partial charge in [-0.2, -0.15) is 12.8 Å². The van der Waals surface area contributed by atoms with Gasteiger partial charge in [0.2, 0.25) is 0 Å². The number of carbonyl (C=O) groups excluding carboxylic acids is 1. The Balaban J connectivity index is 2.22. The molecule has 2 rings (SSSR count). The van der Waals surface area contributed by atoms with Crippen LogP contribution in [0.15, 0.2) is 39.3 Å². The zero-order valence-electron chi connectivity index (χ0n) is 8.90. The number of phenolic OH excluding ortho intramolecular Hbond substituents is 1. The molecule has 0 aliphatic carbocycles. The first-order valence-corrected chi connectivity index (χ1v) is 6.15. The molecule has 94 valence electrons. The number of esters is 1. The van der Waals surface area contributed by atoms with Gasteiger partial charge < -0.3 is 15.6 Å². The fourth-order valence-electron chi connectivity index (χ4n) is 1.21. The fraction of sp³-hybridized carbons (Fsp3) is 0. The van der Waals surface area contributed by atoms with E-state index in [1.807, 2.05) is 0 Å². The highest BCUT2D eigenvalue weighted by atomic mass is 32.2. The predicted octanol–water partition coefficient (Wildman–Crippen LogP) is -0.118. The number of hydrogen-bond donors (Lipinski definition) is 2. The zero-order valence-corrected chi connectivity index (χ0v) is 9.72. The van der Waals surface area contributed by atoms with Gasteiger partial charge in [0.1, 0.15) is 17.1 Å². The van der Waals surface area contributed by atoms with E-state index in [2.05, 4.69) is 4.40 Å². The van der Waals surface area contributed by atoms with E-state index in [4.69, 9.17) is 15.6 Å². The number of aromatic hydroxyl groups is 1. The molecule has 0 spiro atoms. The third-order valence-corrected chi connectivity index (χ3v) is 3.29. The molecule has 0 amide bonds. The first-order valence-electron chi connectivity index (χ1n) is 4.71. The number of phenols is 1. The van der Waals surface area contributed by atoms with E-state index in [-0.39, 0.29) is 17.1 Å². The molecule has 1 aliphatic rings. The van der Waals surface area contributed by atoms with Crippen molar-refractivity contribution in [3.8, 4) is 11.5 Å². The average molecular weight is 268 g/mol. The van der Waals surface area contributed by atoms with Gasteiger partial charge >= 0.3 is 5.97 Å². The first kappa shape index (κ1) is 12.1. The zero-order chi connectivity index (χ0) is 13.3. The number of ether oxygens (including phenoxy) is 1. The summed E-state index contributed by atoms with van der Waals surface area (Å²) in [4.78, 5) is 11.6. The van der Waals surface area contributed by atoms with Crippen molar-refractivity contribution in [3.05, 3.63) is 34.9 Å². The van der Waals surface area contributed by atoms with Crippen molar-refractivity contribution in [3.63, 3.8) is 0 Å². The van der Waals surface area contributed by atoms with E-state index in [0.29, 0.717) is 0 Å². The molecule has 18 heavy (non-hydrogen) atoms. The Morgan fingerprint density at radius 2 is 1.89 bits per heavy atom. The van der Waals surface area contributed by atoms with Gasteiger partial charge in [0.15, 0.2) is 5.03 Å². The van der Waals surface area contributed by atoms with Crippen LogP contribution < -0.4 is 10.5 Å². The summed E-state index contributed by atoms with van der Waals surface area (Å²) in [6, 6.07) is 5.34. The summed E-state index contributed by atoms with van der Waals surface area (Å²) in [7, 11) is -3.93. The van der Waals surface area contributed by atoms with Crippen LogP contribution in [-0.2, 0) is 14.8 Å². The highest BCUT2D eigenvalue weighted by molar-refractivity contribution is 7.94. The third kappa shape index (κ3) is 2.18. The number of hydrogen-bond acceptors (Lipinski definition) is 6. The molecule has 3 N–H and O–H groups in total. The molecule has 0 unspecified atom stereocenters. The molecule has 0 saturated carbocycles. The van der Waals surface area contributed by atoms with E-state index in [1.165, 1.54) is 24.3 Å². The Morgan fingerprint density at radius 3 is 2.39 bits per heavy atom. The van der Waals surface area contributed by atoms with E-state index >= 15 is 0 Å². The van der Waals surface area contributed by atoms with Crippen LogP contribution in [-0.4, -0.2) is 25.7 Å². The van der Waals surface area contributed by atoms with Crippen LogP contribution in [0.4, 0.5) is 0 Å². The van der Waals surface area contributed by atoms with Crippen molar-refractivity contribution in [1.29, 1.82) is 0 Å². The van der Waals surface area contributed by atoms with E-state index in [1.54, 1.807) is 0 Å². The van der Waals surface area contributed by atoms with Gasteiger partial charge in [-0.05, 0) is 24.3 Å². The molecule has 0 aromatic heterocycles. The Morgan fingerprint density at radius 1 is 1.28 bits per heavy atom. The highest BCUT2D eigenvalue weighted by Gasteiger charge is 2.28. The second-order valence-corrected chi connectivity index (χ2v) is 4.97. The standard InChI is InChI=1S/C10H8N2O5S/c11-9-8(5-12-18(9,15)16)10(14)17-7-3-1-6(13)2-4-7/h1-5,13H,11H2. The van der Waals surface area contributed by atoms with Gasteiger partial charge in [-0.1, -0.05) is 0 Å². The minimum atomic E-state index is -3.93. The number of nitrogens with zero attached hydrogens (tertiary/aromatic N) is 1. The second kappa shape index (κ2) is 4.15. The first-order chi connectivity index (χ1) is 8.40. The number of nitrogens with two attached hydrogens (primary N) is 1. The molecular formula is C10H8N2O5S. The number of benzene rings is 1. The SMILES string of the molecule is NC1=C(C(=O)Oc2ccc(O)cc2)C=NS1(=O)=O. The molecule has 0 atom stereocenters. The molecule has 1 aliphatic heterocycles. The summed E-state index contributed by atoms with van der Waals surface area (Å²) in [6.45, 7) is 0. The monoisotopic (exact) mass is 268 g/mol. The molecule has 0 saturated heterocycles.